The van der Waals surface area contributed by atoms with E-state index in [0.29, 0.717) is 49.9 Å². The summed E-state index contributed by atoms with van der Waals surface area (Å²) >= 11 is 0. The maximum atomic E-state index is 12.7. The van der Waals surface area contributed by atoms with E-state index >= 15 is 0 Å². The van der Waals surface area contributed by atoms with Crippen LogP contribution in [0.2, 0.25) is 0 Å². The fourth-order valence-electron chi connectivity index (χ4n) is 2.86. The quantitative estimate of drug-likeness (QED) is 0.819. The van der Waals surface area contributed by atoms with Crippen molar-refractivity contribution in [3.05, 3.63) is 47.2 Å². The molecule has 1 atom stereocenters. The highest BCUT2D eigenvalue weighted by Gasteiger charge is 2.32. The molecule has 2 heterocycles. The molecule has 136 valence electrons. The molecular formula is C19H22N4O3. The maximum Gasteiger partial charge on any atom is 0.241 e. The van der Waals surface area contributed by atoms with Gasteiger partial charge < -0.3 is 14.1 Å². The Labute approximate surface area is 152 Å². The van der Waals surface area contributed by atoms with Gasteiger partial charge in [-0.25, -0.2) is 0 Å². The van der Waals surface area contributed by atoms with Gasteiger partial charge in [0.2, 0.25) is 17.7 Å². The molecule has 0 spiro atoms. The number of carbonyl (C=O) groups excluding carboxylic acids is 1. The third kappa shape index (κ3) is 4.09. The first-order valence-corrected chi connectivity index (χ1v) is 8.78. The molecule has 2 aromatic rings. The van der Waals surface area contributed by atoms with E-state index in [2.05, 4.69) is 16.3 Å². The van der Waals surface area contributed by atoms with Gasteiger partial charge in [0.15, 0.2) is 0 Å². The van der Waals surface area contributed by atoms with Crippen LogP contribution in [0.5, 0.6) is 0 Å². The van der Waals surface area contributed by atoms with Crippen LogP contribution in [0.15, 0.2) is 28.7 Å². The van der Waals surface area contributed by atoms with Crippen molar-refractivity contribution in [1.82, 2.24) is 15.1 Å². The van der Waals surface area contributed by atoms with Gasteiger partial charge in [-0.3, -0.25) is 4.79 Å². The predicted octanol–water partition coefficient (Wildman–Crippen LogP) is 2.60. The number of amides is 1. The number of hydrogen-bond acceptors (Lipinski definition) is 6. The number of aromatic nitrogens is 2. The second kappa shape index (κ2) is 8.11. The summed E-state index contributed by atoms with van der Waals surface area (Å²) in [5.41, 5.74) is 1.65. The number of ether oxygens (including phenoxy) is 1. The average molecular weight is 354 g/mol. The second-order valence-corrected chi connectivity index (χ2v) is 6.62. The van der Waals surface area contributed by atoms with Gasteiger partial charge in [0.05, 0.1) is 24.8 Å². The highest BCUT2D eigenvalue weighted by molar-refractivity contribution is 5.77. The van der Waals surface area contributed by atoms with Gasteiger partial charge in [0, 0.05) is 18.9 Å². The number of carbonyl (C=O) groups is 1. The van der Waals surface area contributed by atoms with E-state index < -0.39 is 0 Å². The summed E-state index contributed by atoms with van der Waals surface area (Å²) < 4.78 is 11.2. The number of hydrogen-bond donors (Lipinski definition) is 0. The molecule has 7 heteroatoms. The molecule has 0 saturated carbocycles. The van der Waals surface area contributed by atoms with Crippen molar-refractivity contribution in [3.63, 3.8) is 0 Å². The minimum absolute atomic E-state index is 0.0342. The monoisotopic (exact) mass is 354 g/mol. The first-order valence-electron chi connectivity index (χ1n) is 8.78. The molecule has 0 bridgehead atoms. The van der Waals surface area contributed by atoms with Crippen LogP contribution >= 0.6 is 0 Å². The standard InChI is InChI=1S/C19H22N4O3/c1-13(2)18-21-22-19(26-18)16-12-25-10-9-23(16)17(24)8-7-14-3-5-15(11-20)6-4-14/h3-6,13,16H,7-10,12H2,1-2H3/t16-/m0/s1. The maximum absolute atomic E-state index is 12.7. The van der Waals surface area contributed by atoms with E-state index in [9.17, 15) is 4.79 Å². The molecule has 26 heavy (non-hydrogen) atoms. The summed E-state index contributed by atoms with van der Waals surface area (Å²) in [7, 11) is 0. The van der Waals surface area contributed by atoms with Crippen LogP contribution in [0, 0.1) is 11.3 Å². The van der Waals surface area contributed by atoms with Crippen molar-refractivity contribution < 1.29 is 13.9 Å². The van der Waals surface area contributed by atoms with Crippen molar-refractivity contribution in [2.45, 2.75) is 38.6 Å². The average Bonchev–Trinajstić information content (AvgIpc) is 3.17. The Morgan fingerprint density at radius 1 is 1.35 bits per heavy atom. The van der Waals surface area contributed by atoms with Crippen molar-refractivity contribution in [1.29, 1.82) is 5.26 Å². The van der Waals surface area contributed by atoms with Crippen LogP contribution in [-0.2, 0) is 16.0 Å². The molecule has 3 rings (SSSR count). The van der Waals surface area contributed by atoms with E-state index in [4.69, 9.17) is 14.4 Å². The molecule has 1 fully saturated rings. The summed E-state index contributed by atoms with van der Waals surface area (Å²) in [5.74, 6) is 1.17. The molecule has 1 aromatic heterocycles. The Hall–Kier alpha value is -2.72. The molecule has 1 saturated heterocycles. The first-order chi connectivity index (χ1) is 12.6. The summed E-state index contributed by atoms with van der Waals surface area (Å²) in [4.78, 5) is 14.5. The number of nitrogens with zero attached hydrogens (tertiary/aromatic N) is 4. The van der Waals surface area contributed by atoms with E-state index in [0.717, 1.165) is 5.56 Å². The number of morpholine rings is 1. The highest BCUT2D eigenvalue weighted by atomic mass is 16.5. The van der Waals surface area contributed by atoms with E-state index in [1.54, 1.807) is 17.0 Å². The van der Waals surface area contributed by atoms with Gasteiger partial charge in [-0.1, -0.05) is 26.0 Å². The fraction of sp³-hybridized carbons (Fsp3) is 0.474. The minimum atomic E-state index is -0.336. The van der Waals surface area contributed by atoms with E-state index in [-0.39, 0.29) is 17.9 Å². The van der Waals surface area contributed by atoms with Crippen LogP contribution in [0.4, 0.5) is 0 Å². The molecule has 1 aromatic carbocycles. The third-order valence-electron chi connectivity index (χ3n) is 4.39. The van der Waals surface area contributed by atoms with Gasteiger partial charge >= 0.3 is 0 Å². The molecule has 0 radical (unpaired) electrons. The second-order valence-electron chi connectivity index (χ2n) is 6.62. The molecule has 0 unspecified atom stereocenters. The Morgan fingerprint density at radius 2 is 2.12 bits per heavy atom. The Bertz CT molecular complexity index is 792. The molecule has 7 nitrogen and oxygen atoms in total. The largest absolute Gasteiger partial charge is 0.423 e. The zero-order valence-electron chi connectivity index (χ0n) is 15.0. The number of benzene rings is 1. The van der Waals surface area contributed by atoms with Gasteiger partial charge in [0.25, 0.3) is 0 Å². The van der Waals surface area contributed by atoms with Crippen molar-refractivity contribution in [2.24, 2.45) is 0 Å². The Balaban J connectivity index is 1.66. The highest BCUT2D eigenvalue weighted by Crippen LogP contribution is 2.26. The summed E-state index contributed by atoms with van der Waals surface area (Å²) in [6, 6.07) is 9.06. The van der Waals surface area contributed by atoms with E-state index in [1.807, 2.05) is 26.0 Å². The van der Waals surface area contributed by atoms with Crippen molar-refractivity contribution in [3.8, 4) is 6.07 Å². The van der Waals surface area contributed by atoms with Gasteiger partial charge in [0.1, 0.15) is 6.04 Å². The SMILES string of the molecule is CC(C)c1nnc([C@@H]2COCCN2C(=O)CCc2ccc(C#N)cc2)o1. The molecule has 0 N–H and O–H groups in total. The molecular weight excluding hydrogens is 332 g/mol. The van der Waals surface area contributed by atoms with Gasteiger partial charge in [-0.2, -0.15) is 5.26 Å². The third-order valence-corrected chi connectivity index (χ3v) is 4.39. The van der Waals surface area contributed by atoms with Crippen LogP contribution < -0.4 is 0 Å². The lowest BCUT2D eigenvalue weighted by molar-refractivity contribution is -0.141. The fourth-order valence-corrected chi connectivity index (χ4v) is 2.86. The Kier molecular flexibility index (Phi) is 5.64. The zero-order valence-corrected chi connectivity index (χ0v) is 15.0. The van der Waals surface area contributed by atoms with Crippen LogP contribution in [0.25, 0.3) is 0 Å². The lowest BCUT2D eigenvalue weighted by Crippen LogP contribution is -2.43. The number of nitriles is 1. The predicted molar refractivity (Wildman–Crippen MR) is 93.1 cm³/mol. The molecule has 1 amide bonds. The van der Waals surface area contributed by atoms with Crippen LogP contribution in [-0.4, -0.2) is 40.8 Å². The topological polar surface area (TPSA) is 92.3 Å². The zero-order chi connectivity index (χ0) is 18.5. The number of rotatable bonds is 5. The lowest BCUT2D eigenvalue weighted by Gasteiger charge is -2.33. The van der Waals surface area contributed by atoms with Crippen molar-refractivity contribution in [2.75, 3.05) is 19.8 Å². The van der Waals surface area contributed by atoms with Gasteiger partial charge in [-0.05, 0) is 24.1 Å². The summed E-state index contributed by atoms with van der Waals surface area (Å²) in [6.45, 7) is 5.34. The molecule has 1 aliphatic heterocycles. The smallest absolute Gasteiger partial charge is 0.241 e. The Morgan fingerprint density at radius 3 is 2.77 bits per heavy atom. The summed E-state index contributed by atoms with van der Waals surface area (Å²) in [5, 5.41) is 17.0. The normalized spacial score (nSPS) is 17.3. The molecule has 1 aliphatic rings. The van der Waals surface area contributed by atoms with Gasteiger partial charge in [-0.15, -0.1) is 10.2 Å². The minimum Gasteiger partial charge on any atom is -0.423 e. The number of aryl methyl sites for hydroxylation is 1. The van der Waals surface area contributed by atoms with Crippen molar-refractivity contribution >= 4 is 5.91 Å². The first kappa shape index (κ1) is 18.1. The van der Waals surface area contributed by atoms with E-state index in [1.165, 1.54) is 0 Å². The lowest BCUT2D eigenvalue weighted by atomic mass is 10.1. The molecule has 0 aliphatic carbocycles. The van der Waals surface area contributed by atoms with Crippen LogP contribution in [0.3, 0.4) is 0 Å². The summed E-state index contributed by atoms with van der Waals surface area (Å²) in [6.07, 6.45) is 1.00. The van der Waals surface area contributed by atoms with Crippen LogP contribution in [0.1, 0.15) is 55.1 Å².